The lowest BCUT2D eigenvalue weighted by atomic mass is 9.80. The van der Waals surface area contributed by atoms with Gasteiger partial charge in [-0.3, -0.25) is 0 Å². The van der Waals surface area contributed by atoms with Gasteiger partial charge in [-0.05, 0) is 60.4 Å². The van der Waals surface area contributed by atoms with Crippen LogP contribution in [-0.4, -0.2) is 26.7 Å². The van der Waals surface area contributed by atoms with E-state index < -0.39 is 31.7 Å². The number of rotatable bonds is 8. The SMILES string of the molecule is O=S(=O)(NCC1(Cc2ccc(CCO)cc2)CCCC1)c1ccc(Cl)c(C(F)(F)F)c1. The van der Waals surface area contributed by atoms with Crippen LogP contribution in [0.25, 0.3) is 0 Å². The van der Waals surface area contributed by atoms with E-state index in [0.29, 0.717) is 18.9 Å². The maximum absolute atomic E-state index is 13.1. The van der Waals surface area contributed by atoms with Crippen LogP contribution in [0, 0.1) is 5.41 Å². The lowest BCUT2D eigenvalue weighted by molar-refractivity contribution is -0.137. The van der Waals surface area contributed by atoms with Gasteiger partial charge in [0.15, 0.2) is 0 Å². The van der Waals surface area contributed by atoms with Crippen molar-refractivity contribution in [3.63, 3.8) is 0 Å². The summed E-state index contributed by atoms with van der Waals surface area (Å²) in [4.78, 5) is -0.453. The molecule has 2 aromatic rings. The van der Waals surface area contributed by atoms with Gasteiger partial charge in [-0.1, -0.05) is 48.7 Å². The second-order valence-corrected chi connectivity index (χ2v) is 10.3. The molecule has 0 saturated heterocycles. The van der Waals surface area contributed by atoms with Crippen LogP contribution in [0.4, 0.5) is 13.2 Å². The zero-order valence-electron chi connectivity index (χ0n) is 16.9. The summed E-state index contributed by atoms with van der Waals surface area (Å²) in [5.41, 5.74) is 0.630. The molecule has 9 heteroatoms. The number of halogens is 4. The normalized spacial score (nSPS) is 16.5. The summed E-state index contributed by atoms with van der Waals surface area (Å²) in [5.74, 6) is 0. The molecule has 2 N–H and O–H groups in total. The summed E-state index contributed by atoms with van der Waals surface area (Å²) in [6, 6.07) is 10.5. The van der Waals surface area contributed by atoms with Crippen LogP contribution in [0.2, 0.25) is 5.02 Å². The van der Waals surface area contributed by atoms with E-state index in [2.05, 4.69) is 4.72 Å². The summed E-state index contributed by atoms with van der Waals surface area (Å²) >= 11 is 5.61. The number of aliphatic hydroxyl groups is 1. The highest BCUT2D eigenvalue weighted by Gasteiger charge is 2.37. The molecule has 31 heavy (non-hydrogen) atoms. The predicted molar refractivity (Wildman–Crippen MR) is 113 cm³/mol. The zero-order chi connectivity index (χ0) is 22.7. The number of hydrogen-bond acceptors (Lipinski definition) is 3. The first-order valence-electron chi connectivity index (χ1n) is 10.1. The van der Waals surface area contributed by atoms with Crippen molar-refractivity contribution in [1.29, 1.82) is 0 Å². The number of sulfonamides is 1. The Kier molecular flexibility index (Phi) is 7.35. The first kappa shape index (κ1) is 24.0. The molecule has 0 heterocycles. The van der Waals surface area contributed by atoms with Crippen molar-refractivity contribution >= 4 is 21.6 Å². The molecule has 0 amide bonds. The van der Waals surface area contributed by atoms with Crippen LogP contribution in [0.1, 0.15) is 42.4 Å². The number of aliphatic hydroxyl groups excluding tert-OH is 1. The molecular weight excluding hydrogens is 451 g/mol. The molecule has 0 atom stereocenters. The summed E-state index contributed by atoms with van der Waals surface area (Å²) in [7, 11) is -4.13. The van der Waals surface area contributed by atoms with Crippen LogP contribution in [0.3, 0.4) is 0 Å². The molecule has 1 aliphatic rings. The Bertz CT molecular complexity index is 1000. The van der Waals surface area contributed by atoms with Crippen molar-refractivity contribution in [2.75, 3.05) is 13.2 Å². The topological polar surface area (TPSA) is 66.4 Å². The average molecular weight is 476 g/mol. The molecular formula is C22H25ClF3NO3S. The number of alkyl halides is 3. The van der Waals surface area contributed by atoms with Gasteiger partial charge in [0, 0.05) is 13.2 Å². The summed E-state index contributed by atoms with van der Waals surface area (Å²) < 4.78 is 67.4. The number of nitrogens with one attached hydrogen (secondary N) is 1. The second-order valence-electron chi connectivity index (χ2n) is 8.14. The van der Waals surface area contributed by atoms with E-state index in [4.69, 9.17) is 16.7 Å². The van der Waals surface area contributed by atoms with Gasteiger partial charge in [-0.25, -0.2) is 13.1 Å². The zero-order valence-corrected chi connectivity index (χ0v) is 18.5. The van der Waals surface area contributed by atoms with Crippen LogP contribution >= 0.6 is 11.6 Å². The van der Waals surface area contributed by atoms with E-state index in [1.165, 1.54) is 0 Å². The van der Waals surface area contributed by atoms with Gasteiger partial charge >= 0.3 is 6.18 Å². The maximum atomic E-state index is 13.1. The van der Waals surface area contributed by atoms with Crippen LogP contribution in [0.5, 0.6) is 0 Å². The van der Waals surface area contributed by atoms with Crippen molar-refractivity contribution in [3.05, 3.63) is 64.2 Å². The third-order valence-corrected chi connectivity index (χ3v) is 7.59. The first-order chi connectivity index (χ1) is 14.5. The fourth-order valence-electron chi connectivity index (χ4n) is 4.15. The van der Waals surface area contributed by atoms with Crippen LogP contribution in [-0.2, 0) is 29.0 Å². The minimum absolute atomic E-state index is 0.0752. The fraction of sp³-hybridized carbons (Fsp3) is 0.455. The van der Waals surface area contributed by atoms with E-state index in [1.807, 2.05) is 24.3 Å². The largest absolute Gasteiger partial charge is 0.417 e. The van der Waals surface area contributed by atoms with Gasteiger partial charge in [-0.2, -0.15) is 13.2 Å². The average Bonchev–Trinajstić information content (AvgIpc) is 3.16. The molecule has 3 rings (SSSR count). The van der Waals surface area contributed by atoms with E-state index in [1.54, 1.807) is 0 Å². The molecule has 0 aliphatic heterocycles. The highest BCUT2D eigenvalue weighted by atomic mass is 35.5. The second kappa shape index (κ2) is 9.48. The van der Waals surface area contributed by atoms with Gasteiger partial charge in [0.05, 0.1) is 15.5 Å². The van der Waals surface area contributed by atoms with Gasteiger partial charge in [0.1, 0.15) is 0 Å². The molecule has 0 aromatic heterocycles. The quantitative estimate of drug-likeness (QED) is 0.566. The van der Waals surface area contributed by atoms with Crippen molar-refractivity contribution in [2.24, 2.45) is 5.41 Å². The van der Waals surface area contributed by atoms with Crippen molar-refractivity contribution in [3.8, 4) is 0 Å². The van der Waals surface area contributed by atoms with E-state index in [-0.39, 0.29) is 18.6 Å². The predicted octanol–water partition coefficient (Wildman–Crippen LogP) is 4.98. The van der Waals surface area contributed by atoms with Crippen LogP contribution in [0.15, 0.2) is 47.4 Å². The lowest BCUT2D eigenvalue weighted by Gasteiger charge is -2.29. The summed E-state index contributed by atoms with van der Waals surface area (Å²) in [5, 5.41) is 8.50. The molecule has 1 fully saturated rings. The lowest BCUT2D eigenvalue weighted by Crippen LogP contribution is -2.37. The van der Waals surface area contributed by atoms with Crippen molar-refractivity contribution in [1.82, 2.24) is 4.72 Å². The van der Waals surface area contributed by atoms with Crippen molar-refractivity contribution < 1.29 is 26.7 Å². The number of benzene rings is 2. The molecule has 4 nitrogen and oxygen atoms in total. The molecule has 1 aliphatic carbocycles. The minimum atomic E-state index is -4.74. The third kappa shape index (κ3) is 6.00. The van der Waals surface area contributed by atoms with E-state index in [0.717, 1.165) is 48.9 Å². The Balaban J connectivity index is 1.76. The van der Waals surface area contributed by atoms with Gasteiger partial charge in [-0.15, -0.1) is 0 Å². The van der Waals surface area contributed by atoms with E-state index in [9.17, 15) is 21.6 Å². The Hall–Kier alpha value is -1.61. The summed E-state index contributed by atoms with van der Waals surface area (Å²) in [6.45, 7) is 0.226. The molecule has 1 saturated carbocycles. The van der Waals surface area contributed by atoms with Crippen LogP contribution < -0.4 is 4.72 Å². The Labute approximate surface area is 185 Å². The van der Waals surface area contributed by atoms with Gasteiger partial charge in [0.25, 0.3) is 0 Å². The Morgan fingerprint density at radius 3 is 2.23 bits per heavy atom. The number of hydrogen-bond donors (Lipinski definition) is 2. The van der Waals surface area contributed by atoms with Gasteiger partial charge < -0.3 is 5.11 Å². The Morgan fingerprint density at radius 1 is 1.03 bits per heavy atom. The van der Waals surface area contributed by atoms with E-state index >= 15 is 0 Å². The minimum Gasteiger partial charge on any atom is -0.396 e. The molecule has 0 radical (unpaired) electrons. The molecule has 0 unspecified atom stereocenters. The molecule has 2 aromatic carbocycles. The molecule has 0 bridgehead atoms. The standard InChI is InChI=1S/C22H25ClF3NO3S/c23-20-8-7-18(13-19(20)22(24,25)26)31(29,30)27-15-21(10-1-2-11-21)14-17-5-3-16(4-6-17)9-12-28/h3-8,13,27-28H,1-2,9-12,14-15H2. The maximum Gasteiger partial charge on any atom is 0.417 e. The third-order valence-electron chi connectivity index (χ3n) is 5.86. The highest BCUT2D eigenvalue weighted by Crippen LogP contribution is 2.41. The summed E-state index contributed by atoms with van der Waals surface area (Å²) in [6.07, 6.45) is 0.130. The Morgan fingerprint density at radius 2 is 1.65 bits per heavy atom. The first-order valence-corrected chi connectivity index (χ1v) is 12.0. The monoisotopic (exact) mass is 475 g/mol. The molecule has 170 valence electrons. The molecule has 0 spiro atoms. The van der Waals surface area contributed by atoms with Gasteiger partial charge in [0.2, 0.25) is 10.0 Å². The smallest absolute Gasteiger partial charge is 0.396 e. The fourth-order valence-corrected chi connectivity index (χ4v) is 5.55. The highest BCUT2D eigenvalue weighted by molar-refractivity contribution is 7.89. The van der Waals surface area contributed by atoms with Crippen molar-refractivity contribution in [2.45, 2.75) is 49.6 Å².